The lowest BCUT2D eigenvalue weighted by Gasteiger charge is -2.13. The van der Waals surface area contributed by atoms with Crippen LogP contribution >= 0.6 is 0 Å². The van der Waals surface area contributed by atoms with Crippen LogP contribution in [0.5, 0.6) is 0 Å². The van der Waals surface area contributed by atoms with E-state index in [4.69, 9.17) is 10.5 Å². The Balaban J connectivity index is 3.95. The Kier molecular flexibility index (Phi) is 5.03. The summed E-state index contributed by atoms with van der Waals surface area (Å²) in [4.78, 5) is 21.5. The second kappa shape index (κ2) is 5.54. The summed E-state index contributed by atoms with van der Waals surface area (Å²) < 4.78 is 4.70. The van der Waals surface area contributed by atoms with Crippen LogP contribution in [-0.2, 0) is 14.3 Å². The zero-order valence-electron chi connectivity index (χ0n) is 7.29. The van der Waals surface area contributed by atoms with Crippen molar-refractivity contribution in [1.29, 1.82) is 0 Å². The number of carbonyl (C=O) groups is 2. The number of amides is 2. The molecule has 0 aromatic carbocycles. The van der Waals surface area contributed by atoms with Gasteiger partial charge in [-0.2, -0.15) is 0 Å². The molecule has 0 spiro atoms. The number of ether oxygens (including phenoxy) is 1. The molecular weight excluding hydrogens is 160 g/mol. The molecule has 2 amide bonds. The Morgan fingerprint density at radius 3 is 2.50 bits per heavy atom. The first-order valence-electron chi connectivity index (χ1n) is 3.69. The molecule has 0 aliphatic heterocycles. The van der Waals surface area contributed by atoms with E-state index in [0.29, 0.717) is 6.42 Å². The van der Waals surface area contributed by atoms with E-state index in [1.54, 1.807) is 6.92 Å². The fraction of sp³-hybridized carbons (Fsp3) is 0.714. The molecule has 0 aromatic rings. The van der Waals surface area contributed by atoms with E-state index in [2.05, 4.69) is 5.32 Å². The molecule has 0 heterocycles. The summed E-state index contributed by atoms with van der Waals surface area (Å²) in [6.07, 6.45) is 0.327. The largest absolute Gasteiger partial charge is 0.382 e. The van der Waals surface area contributed by atoms with Gasteiger partial charge in [-0.25, -0.2) is 0 Å². The van der Waals surface area contributed by atoms with Gasteiger partial charge in [-0.05, 0) is 0 Å². The minimum Gasteiger partial charge on any atom is -0.382 e. The van der Waals surface area contributed by atoms with Crippen molar-refractivity contribution in [3.8, 4) is 0 Å². The summed E-state index contributed by atoms with van der Waals surface area (Å²) in [7, 11) is 1.44. The van der Waals surface area contributed by atoms with Gasteiger partial charge < -0.3 is 15.8 Å². The first-order valence-corrected chi connectivity index (χ1v) is 3.69. The van der Waals surface area contributed by atoms with Gasteiger partial charge in [0.25, 0.3) is 0 Å². The van der Waals surface area contributed by atoms with Crippen LogP contribution in [0.4, 0.5) is 0 Å². The molecule has 1 atom stereocenters. The van der Waals surface area contributed by atoms with Crippen LogP contribution < -0.4 is 11.1 Å². The first-order chi connectivity index (χ1) is 5.61. The Hall–Kier alpha value is -1.10. The van der Waals surface area contributed by atoms with Crippen LogP contribution in [0.2, 0.25) is 0 Å². The summed E-state index contributed by atoms with van der Waals surface area (Å²) in [5.41, 5.74) is 4.99. The summed E-state index contributed by atoms with van der Waals surface area (Å²) >= 11 is 0. The predicted molar refractivity (Wildman–Crippen MR) is 43.3 cm³/mol. The number of primary amides is 1. The molecule has 70 valence electrons. The van der Waals surface area contributed by atoms with E-state index in [1.165, 1.54) is 7.11 Å². The molecule has 0 aliphatic rings. The van der Waals surface area contributed by atoms with Crippen LogP contribution in [0.3, 0.4) is 0 Å². The maximum Gasteiger partial charge on any atom is 0.242 e. The van der Waals surface area contributed by atoms with Crippen molar-refractivity contribution in [3.05, 3.63) is 0 Å². The minimum absolute atomic E-state index is 0.112. The normalized spacial score (nSPS) is 12.2. The number of carbonyl (C=O) groups excluding carboxylic acids is 2. The highest BCUT2D eigenvalue weighted by molar-refractivity contribution is 5.86. The van der Waals surface area contributed by atoms with Gasteiger partial charge in [0.15, 0.2) is 0 Å². The molecule has 0 saturated heterocycles. The molecule has 0 radical (unpaired) electrons. The van der Waals surface area contributed by atoms with Crippen LogP contribution in [-0.4, -0.2) is 31.6 Å². The number of nitrogens with one attached hydrogen (secondary N) is 1. The average molecular weight is 174 g/mol. The molecule has 5 heteroatoms. The summed E-state index contributed by atoms with van der Waals surface area (Å²) in [5.74, 6) is -0.797. The van der Waals surface area contributed by atoms with Crippen LogP contribution in [0.15, 0.2) is 0 Å². The molecule has 0 fully saturated rings. The van der Waals surface area contributed by atoms with E-state index < -0.39 is 11.9 Å². The third-order valence-corrected chi connectivity index (χ3v) is 1.33. The quantitative estimate of drug-likeness (QED) is 0.561. The monoisotopic (exact) mass is 174 g/mol. The lowest BCUT2D eigenvalue weighted by molar-refractivity contribution is -0.128. The smallest absolute Gasteiger partial charge is 0.242 e. The van der Waals surface area contributed by atoms with E-state index in [1.807, 2.05) is 0 Å². The van der Waals surface area contributed by atoms with E-state index in [-0.39, 0.29) is 12.5 Å². The molecule has 0 aliphatic carbocycles. The van der Waals surface area contributed by atoms with Crippen molar-refractivity contribution >= 4 is 11.8 Å². The average Bonchev–Trinajstić information content (AvgIpc) is 2.03. The van der Waals surface area contributed by atoms with Gasteiger partial charge in [-0.1, -0.05) is 6.92 Å². The van der Waals surface area contributed by atoms with Crippen molar-refractivity contribution in [2.75, 3.05) is 13.7 Å². The number of hydrogen-bond donors (Lipinski definition) is 2. The molecule has 5 nitrogen and oxygen atoms in total. The van der Waals surface area contributed by atoms with Crippen molar-refractivity contribution in [2.24, 2.45) is 5.73 Å². The standard InChI is InChI=1S/C7H14N2O3/c1-3-6(10)9-5(4-12-2)7(8)11/h5H,3-4H2,1-2H3,(H2,8,11)(H,9,10)/t5-/m1/s1. The van der Waals surface area contributed by atoms with Crippen molar-refractivity contribution < 1.29 is 14.3 Å². The second-order valence-electron chi connectivity index (χ2n) is 2.33. The molecule has 0 bridgehead atoms. The number of hydrogen-bond acceptors (Lipinski definition) is 3. The SMILES string of the molecule is CCC(=O)N[C@H](COC)C(N)=O. The van der Waals surface area contributed by atoms with Gasteiger partial charge in [-0.15, -0.1) is 0 Å². The van der Waals surface area contributed by atoms with Crippen LogP contribution in [0.1, 0.15) is 13.3 Å². The number of nitrogens with two attached hydrogens (primary N) is 1. The minimum atomic E-state index is -0.720. The molecule has 0 aromatic heterocycles. The molecular formula is C7H14N2O3. The molecule has 12 heavy (non-hydrogen) atoms. The summed E-state index contributed by atoms with van der Waals surface area (Å²) in [6, 6.07) is -0.720. The lowest BCUT2D eigenvalue weighted by atomic mass is 10.3. The topological polar surface area (TPSA) is 81.4 Å². The van der Waals surface area contributed by atoms with Gasteiger partial charge in [-0.3, -0.25) is 9.59 Å². The third kappa shape index (κ3) is 3.92. The third-order valence-electron chi connectivity index (χ3n) is 1.33. The number of rotatable bonds is 5. The highest BCUT2D eigenvalue weighted by Crippen LogP contribution is 1.85. The zero-order chi connectivity index (χ0) is 9.56. The maximum atomic E-state index is 10.8. The molecule has 3 N–H and O–H groups in total. The van der Waals surface area contributed by atoms with Gasteiger partial charge in [0, 0.05) is 13.5 Å². The predicted octanol–water partition coefficient (Wildman–Crippen LogP) is -0.987. The highest BCUT2D eigenvalue weighted by Gasteiger charge is 2.16. The van der Waals surface area contributed by atoms with Gasteiger partial charge >= 0.3 is 0 Å². The Bertz CT molecular complexity index is 168. The van der Waals surface area contributed by atoms with Crippen molar-refractivity contribution in [1.82, 2.24) is 5.32 Å². The van der Waals surface area contributed by atoms with Gasteiger partial charge in [0.2, 0.25) is 11.8 Å². The fourth-order valence-corrected chi connectivity index (χ4v) is 0.658. The zero-order valence-corrected chi connectivity index (χ0v) is 7.29. The maximum absolute atomic E-state index is 10.8. The Morgan fingerprint density at radius 2 is 2.17 bits per heavy atom. The van der Waals surface area contributed by atoms with Crippen molar-refractivity contribution in [3.63, 3.8) is 0 Å². The van der Waals surface area contributed by atoms with Crippen LogP contribution in [0.25, 0.3) is 0 Å². The van der Waals surface area contributed by atoms with E-state index in [9.17, 15) is 9.59 Å². The molecule has 0 saturated carbocycles. The van der Waals surface area contributed by atoms with E-state index in [0.717, 1.165) is 0 Å². The highest BCUT2D eigenvalue weighted by atomic mass is 16.5. The Morgan fingerprint density at radius 1 is 1.58 bits per heavy atom. The van der Waals surface area contributed by atoms with E-state index >= 15 is 0 Å². The fourth-order valence-electron chi connectivity index (χ4n) is 0.658. The lowest BCUT2D eigenvalue weighted by Crippen LogP contribution is -2.47. The summed E-state index contributed by atoms with van der Waals surface area (Å²) in [6.45, 7) is 1.81. The van der Waals surface area contributed by atoms with Crippen molar-refractivity contribution in [2.45, 2.75) is 19.4 Å². The first kappa shape index (κ1) is 10.9. The molecule has 0 unspecified atom stereocenters. The summed E-state index contributed by atoms with van der Waals surface area (Å²) in [5, 5.41) is 2.43. The molecule has 0 rings (SSSR count). The number of methoxy groups -OCH3 is 1. The van der Waals surface area contributed by atoms with Crippen LogP contribution in [0, 0.1) is 0 Å². The van der Waals surface area contributed by atoms with Gasteiger partial charge in [0.05, 0.1) is 6.61 Å². The van der Waals surface area contributed by atoms with Gasteiger partial charge in [0.1, 0.15) is 6.04 Å². The Labute approximate surface area is 71.3 Å². The second-order valence-corrected chi connectivity index (χ2v) is 2.33.